The molecule has 0 bridgehead atoms. The molecule has 19 heavy (non-hydrogen) atoms. The van der Waals surface area contributed by atoms with E-state index in [1.165, 1.54) is 0 Å². The van der Waals surface area contributed by atoms with E-state index in [-0.39, 0.29) is 5.75 Å². The molecule has 1 aliphatic rings. The van der Waals surface area contributed by atoms with E-state index in [4.69, 9.17) is 16.3 Å². The summed E-state index contributed by atoms with van der Waals surface area (Å²) in [6.07, 6.45) is 0.739. The molecule has 1 aromatic rings. The second kappa shape index (κ2) is 6.46. The van der Waals surface area contributed by atoms with Crippen LogP contribution in [0.15, 0.2) is 6.07 Å². The zero-order chi connectivity index (χ0) is 13.8. The fourth-order valence-electron chi connectivity index (χ4n) is 2.41. The minimum absolute atomic E-state index is 0.174. The summed E-state index contributed by atoms with van der Waals surface area (Å²) in [7, 11) is 1.56. The lowest BCUT2D eigenvalue weighted by Gasteiger charge is -2.27. The van der Waals surface area contributed by atoms with Crippen LogP contribution in [-0.4, -0.2) is 49.8 Å². The van der Waals surface area contributed by atoms with Gasteiger partial charge >= 0.3 is 0 Å². The predicted molar refractivity (Wildman–Crippen MR) is 77.4 cm³/mol. The number of aromatic hydroxyl groups is 1. The molecule has 0 aromatic heterocycles. The molecule has 1 heterocycles. The highest BCUT2D eigenvalue weighted by atomic mass is 35.5. The Kier molecular flexibility index (Phi) is 4.91. The van der Waals surface area contributed by atoms with Crippen LogP contribution in [-0.2, 0) is 6.42 Å². The summed E-state index contributed by atoms with van der Waals surface area (Å²) in [4.78, 5) is 2.38. The van der Waals surface area contributed by atoms with Gasteiger partial charge in [-0.05, 0) is 25.0 Å². The molecule has 1 saturated heterocycles. The first kappa shape index (κ1) is 14.4. The number of methoxy groups -OCH3 is 1. The van der Waals surface area contributed by atoms with Crippen LogP contribution in [0.2, 0.25) is 5.02 Å². The number of rotatable bonds is 4. The van der Waals surface area contributed by atoms with Gasteiger partial charge < -0.3 is 20.1 Å². The molecular weight excluding hydrogens is 264 g/mol. The van der Waals surface area contributed by atoms with Crippen molar-refractivity contribution >= 4 is 11.6 Å². The molecule has 0 spiro atoms. The predicted octanol–water partition coefficient (Wildman–Crippen LogP) is 1.81. The van der Waals surface area contributed by atoms with Gasteiger partial charge in [-0.1, -0.05) is 11.6 Å². The minimum atomic E-state index is 0.174. The van der Waals surface area contributed by atoms with Crippen LogP contribution in [0.3, 0.4) is 0 Å². The maximum Gasteiger partial charge on any atom is 0.162 e. The molecule has 0 aliphatic carbocycles. The van der Waals surface area contributed by atoms with Crippen LogP contribution in [0.1, 0.15) is 11.1 Å². The van der Waals surface area contributed by atoms with Crippen molar-refractivity contribution in [3.05, 3.63) is 22.2 Å². The standard InChI is InChI=1S/C14H21ClN2O2/c1-10-9-12(19-2)14(18)11(13(10)15)3-6-17-7-4-16-5-8-17/h9,16,18H,3-8H2,1-2H3. The lowest BCUT2D eigenvalue weighted by atomic mass is 10.1. The van der Waals surface area contributed by atoms with Crippen molar-refractivity contribution in [3.8, 4) is 11.5 Å². The quantitative estimate of drug-likeness (QED) is 0.885. The summed E-state index contributed by atoms with van der Waals surface area (Å²) in [5, 5.41) is 14.2. The molecule has 0 atom stereocenters. The molecule has 0 unspecified atom stereocenters. The Morgan fingerprint density at radius 3 is 2.74 bits per heavy atom. The SMILES string of the molecule is COc1cc(C)c(Cl)c(CCN2CCNCC2)c1O. The van der Waals surface area contributed by atoms with E-state index in [1.807, 2.05) is 6.92 Å². The van der Waals surface area contributed by atoms with Crippen molar-refractivity contribution < 1.29 is 9.84 Å². The number of hydrogen-bond donors (Lipinski definition) is 2. The topological polar surface area (TPSA) is 44.7 Å². The molecule has 106 valence electrons. The van der Waals surface area contributed by atoms with Gasteiger partial charge in [0.15, 0.2) is 11.5 Å². The third-order valence-electron chi connectivity index (χ3n) is 3.59. The Morgan fingerprint density at radius 1 is 1.42 bits per heavy atom. The number of aryl methyl sites for hydroxylation is 1. The minimum Gasteiger partial charge on any atom is -0.504 e. The Labute approximate surface area is 119 Å². The van der Waals surface area contributed by atoms with E-state index < -0.39 is 0 Å². The maximum absolute atomic E-state index is 10.2. The number of piperazine rings is 1. The van der Waals surface area contributed by atoms with Crippen molar-refractivity contribution in [2.24, 2.45) is 0 Å². The second-order valence-corrected chi connectivity index (χ2v) is 5.26. The van der Waals surface area contributed by atoms with Gasteiger partial charge in [0.25, 0.3) is 0 Å². The van der Waals surface area contributed by atoms with Gasteiger partial charge in [-0.25, -0.2) is 0 Å². The Morgan fingerprint density at radius 2 is 2.11 bits per heavy atom. The van der Waals surface area contributed by atoms with Gasteiger partial charge in [-0.2, -0.15) is 0 Å². The molecule has 0 saturated carbocycles. The van der Waals surface area contributed by atoms with Crippen molar-refractivity contribution in [1.82, 2.24) is 10.2 Å². The summed E-state index contributed by atoms with van der Waals surface area (Å²) in [5.41, 5.74) is 1.73. The van der Waals surface area contributed by atoms with Crippen molar-refractivity contribution in [2.75, 3.05) is 39.8 Å². The highest BCUT2D eigenvalue weighted by Crippen LogP contribution is 2.37. The van der Waals surface area contributed by atoms with Crippen LogP contribution < -0.4 is 10.1 Å². The van der Waals surface area contributed by atoms with E-state index in [9.17, 15) is 5.11 Å². The maximum atomic E-state index is 10.2. The number of halogens is 1. The fraction of sp³-hybridized carbons (Fsp3) is 0.571. The van der Waals surface area contributed by atoms with Crippen LogP contribution in [0.5, 0.6) is 11.5 Å². The second-order valence-electron chi connectivity index (χ2n) is 4.88. The molecule has 0 amide bonds. The van der Waals surface area contributed by atoms with Gasteiger partial charge in [-0.3, -0.25) is 0 Å². The molecule has 1 fully saturated rings. The van der Waals surface area contributed by atoms with Crippen LogP contribution in [0.4, 0.5) is 0 Å². The Bertz CT molecular complexity index is 446. The lowest BCUT2D eigenvalue weighted by molar-refractivity contribution is 0.243. The number of hydrogen-bond acceptors (Lipinski definition) is 4. The number of nitrogens with zero attached hydrogens (tertiary/aromatic N) is 1. The summed E-state index contributed by atoms with van der Waals surface area (Å²) in [6.45, 7) is 6.97. The zero-order valence-electron chi connectivity index (χ0n) is 11.5. The number of nitrogens with one attached hydrogen (secondary N) is 1. The monoisotopic (exact) mass is 284 g/mol. The van der Waals surface area contributed by atoms with E-state index in [0.717, 1.165) is 50.3 Å². The van der Waals surface area contributed by atoms with Gasteiger partial charge in [0.05, 0.1) is 12.1 Å². The number of phenols is 1. The largest absolute Gasteiger partial charge is 0.504 e. The van der Waals surface area contributed by atoms with Gasteiger partial charge in [0, 0.05) is 38.3 Å². The summed E-state index contributed by atoms with van der Waals surface area (Å²) >= 11 is 6.30. The smallest absolute Gasteiger partial charge is 0.162 e. The average Bonchev–Trinajstić information content (AvgIpc) is 2.44. The number of ether oxygens (including phenoxy) is 1. The first-order valence-electron chi connectivity index (χ1n) is 6.61. The van der Waals surface area contributed by atoms with Crippen molar-refractivity contribution in [1.29, 1.82) is 0 Å². The van der Waals surface area contributed by atoms with Crippen LogP contribution in [0, 0.1) is 6.92 Å². The third-order valence-corrected chi connectivity index (χ3v) is 4.11. The van der Waals surface area contributed by atoms with Crippen LogP contribution in [0.25, 0.3) is 0 Å². The highest BCUT2D eigenvalue weighted by Gasteiger charge is 2.17. The summed E-state index contributed by atoms with van der Waals surface area (Å²) in [6, 6.07) is 1.77. The highest BCUT2D eigenvalue weighted by molar-refractivity contribution is 6.32. The number of phenolic OH excluding ortho intramolecular Hbond substituents is 1. The molecular formula is C14H21ClN2O2. The molecule has 2 rings (SSSR count). The molecule has 0 radical (unpaired) electrons. The van der Waals surface area contributed by atoms with Gasteiger partial charge in [0.2, 0.25) is 0 Å². The molecule has 2 N–H and O–H groups in total. The fourth-order valence-corrected chi connectivity index (χ4v) is 2.65. The molecule has 1 aromatic carbocycles. The van der Waals surface area contributed by atoms with Crippen molar-refractivity contribution in [2.45, 2.75) is 13.3 Å². The van der Waals surface area contributed by atoms with Gasteiger partial charge in [-0.15, -0.1) is 0 Å². The van der Waals surface area contributed by atoms with E-state index in [2.05, 4.69) is 10.2 Å². The van der Waals surface area contributed by atoms with E-state index in [0.29, 0.717) is 10.8 Å². The van der Waals surface area contributed by atoms with Crippen molar-refractivity contribution in [3.63, 3.8) is 0 Å². The summed E-state index contributed by atoms with van der Waals surface area (Å²) in [5.74, 6) is 0.672. The lowest BCUT2D eigenvalue weighted by Crippen LogP contribution is -2.44. The number of benzene rings is 1. The molecule has 5 heteroatoms. The zero-order valence-corrected chi connectivity index (χ0v) is 12.3. The van der Waals surface area contributed by atoms with E-state index >= 15 is 0 Å². The van der Waals surface area contributed by atoms with E-state index in [1.54, 1.807) is 13.2 Å². The Hall–Kier alpha value is -0.970. The average molecular weight is 285 g/mol. The normalized spacial score (nSPS) is 16.6. The van der Waals surface area contributed by atoms with Crippen LogP contribution >= 0.6 is 11.6 Å². The summed E-state index contributed by atoms with van der Waals surface area (Å²) < 4.78 is 5.18. The first-order chi connectivity index (χ1) is 9.13. The Balaban J connectivity index is 2.12. The third kappa shape index (κ3) is 3.32. The van der Waals surface area contributed by atoms with Gasteiger partial charge in [0.1, 0.15) is 0 Å². The first-order valence-corrected chi connectivity index (χ1v) is 6.99. The molecule has 1 aliphatic heterocycles. The molecule has 4 nitrogen and oxygen atoms in total.